The summed E-state index contributed by atoms with van der Waals surface area (Å²) >= 11 is 0. The van der Waals surface area contributed by atoms with Gasteiger partial charge in [-0.05, 0) is 46.5 Å². The molecule has 3 nitrogen and oxygen atoms in total. The Balaban J connectivity index is 2.05. The van der Waals surface area contributed by atoms with E-state index in [1.807, 2.05) is 0 Å². The van der Waals surface area contributed by atoms with Gasteiger partial charge in [-0.1, -0.05) is 19.3 Å². The van der Waals surface area contributed by atoms with E-state index in [1.165, 1.54) is 0 Å². The minimum atomic E-state index is -0.507. The van der Waals surface area contributed by atoms with E-state index in [0.717, 1.165) is 44.9 Å². The van der Waals surface area contributed by atoms with E-state index in [0.29, 0.717) is 11.8 Å². The van der Waals surface area contributed by atoms with Crippen LogP contribution in [0.5, 0.6) is 0 Å². The highest BCUT2D eigenvalue weighted by Gasteiger charge is 2.45. The summed E-state index contributed by atoms with van der Waals surface area (Å²) in [5.41, 5.74) is 5.90. The number of rotatable bonds is 3. The topological polar surface area (TPSA) is 55.1 Å². The number of hydrogen-bond donors (Lipinski definition) is 2. The zero-order valence-corrected chi connectivity index (χ0v) is 12.1. The molecule has 0 spiro atoms. The van der Waals surface area contributed by atoms with Crippen molar-refractivity contribution in [3.05, 3.63) is 0 Å². The van der Waals surface area contributed by atoms with Crippen LogP contribution in [0.1, 0.15) is 65.7 Å². The van der Waals surface area contributed by atoms with Gasteiger partial charge in [-0.2, -0.15) is 0 Å². The molecule has 104 valence electrons. The van der Waals surface area contributed by atoms with Crippen molar-refractivity contribution in [2.45, 2.75) is 82.8 Å². The lowest BCUT2D eigenvalue weighted by Crippen LogP contribution is -2.54. The van der Waals surface area contributed by atoms with Crippen molar-refractivity contribution in [1.29, 1.82) is 0 Å². The summed E-state index contributed by atoms with van der Waals surface area (Å²) in [5.74, 6) is 0.478. The second-order valence-corrected chi connectivity index (χ2v) is 7.27. The van der Waals surface area contributed by atoms with E-state index in [9.17, 15) is 4.79 Å². The maximum Gasteiger partial charge on any atom is 0.157 e. The molecule has 0 saturated heterocycles. The maximum absolute atomic E-state index is 12.7. The molecule has 3 N–H and O–H groups in total. The minimum absolute atomic E-state index is 0.0744. The molecule has 2 aliphatic rings. The van der Waals surface area contributed by atoms with Crippen LogP contribution in [-0.2, 0) is 4.79 Å². The quantitative estimate of drug-likeness (QED) is 0.811. The molecule has 2 rings (SSSR count). The maximum atomic E-state index is 12.7. The van der Waals surface area contributed by atoms with Crippen molar-refractivity contribution < 1.29 is 4.79 Å². The largest absolute Gasteiger partial charge is 0.319 e. The van der Waals surface area contributed by atoms with Gasteiger partial charge in [-0.25, -0.2) is 0 Å². The lowest BCUT2D eigenvalue weighted by atomic mass is 9.82. The molecule has 2 aliphatic carbocycles. The van der Waals surface area contributed by atoms with Gasteiger partial charge in [-0.15, -0.1) is 0 Å². The second-order valence-electron chi connectivity index (χ2n) is 7.27. The van der Waals surface area contributed by atoms with Gasteiger partial charge in [-0.3, -0.25) is 4.79 Å². The predicted octanol–water partition coefficient (Wildman–Crippen LogP) is 2.38. The Morgan fingerprint density at radius 3 is 2.33 bits per heavy atom. The van der Waals surface area contributed by atoms with Crippen molar-refractivity contribution in [3.63, 3.8) is 0 Å². The molecule has 2 fully saturated rings. The number of carbonyl (C=O) groups excluding carboxylic acids is 1. The Kier molecular flexibility index (Phi) is 3.84. The van der Waals surface area contributed by atoms with Gasteiger partial charge < -0.3 is 11.1 Å². The molecular weight excluding hydrogens is 224 g/mol. The highest BCUT2D eigenvalue weighted by atomic mass is 16.1. The second kappa shape index (κ2) is 4.93. The SMILES string of the molecule is CC(C)(C)N[C@@H]1CCC[C@@H]1C(=O)C1(N)CCCC1. The normalized spacial score (nSPS) is 31.8. The standard InChI is InChI=1S/C15H28N2O/c1-14(2,3)17-12-8-6-7-11(12)13(18)15(16)9-4-5-10-15/h11-12,17H,4-10,16H2,1-3H3/t11-,12+/m0/s1. The van der Waals surface area contributed by atoms with E-state index in [2.05, 4.69) is 26.1 Å². The zero-order chi connectivity index (χ0) is 13.4. The van der Waals surface area contributed by atoms with Crippen LogP contribution in [0, 0.1) is 5.92 Å². The van der Waals surface area contributed by atoms with Crippen LogP contribution in [0.15, 0.2) is 0 Å². The smallest absolute Gasteiger partial charge is 0.157 e. The molecule has 0 aromatic heterocycles. The molecule has 0 aromatic carbocycles. The fraction of sp³-hybridized carbons (Fsp3) is 0.933. The minimum Gasteiger partial charge on any atom is -0.319 e. The van der Waals surface area contributed by atoms with Crippen LogP contribution < -0.4 is 11.1 Å². The molecule has 2 atom stereocenters. The van der Waals surface area contributed by atoms with Gasteiger partial charge >= 0.3 is 0 Å². The third-order valence-electron chi connectivity index (χ3n) is 4.46. The van der Waals surface area contributed by atoms with Crippen LogP contribution in [0.2, 0.25) is 0 Å². The van der Waals surface area contributed by atoms with E-state index in [1.54, 1.807) is 0 Å². The highest BCUT2D eigenvalue weighted by Crippen LogP contribution is 2.36. The molecule has 0 aromatic rings. The average molecular weight is 252 g/mol. The Bertz CT molecular complexity index is 313. The molecule has 0 amide bonds. The summed E-state index contributed by atoms with van der Waals surface area (Å²) in [6.07, 6.45) is 7.31. The fourth-order valence-corrected chi connectivity index (χ4v) is 3.62. The summed E-state index contributed by atoms with van der Waals surface area (Å²) in [4.78, 5) is 12.7. The van der Waals surface area contributed by atoms with Crippen LogP contribution in [0.25, 0.3) is 0 Å². The molecule has 0 bridgehead atoms. The molecule has 2 saturated carbocycles. The van der Waals surface area contributed by atoms with Gasteiger partial charge in [0, 0.05) is 17.5 Å². The summed E-state index contributed by atoms with van der Waals surface area (Å²) < 4.78 is 0. The van der Waals surface area contributed by atoms with Gasteiger partial charge in [0.15, 0.2) is 5.78 Å². The summed E-state index contributed by atoms with van der Waals surface area (Å²) in [6, 6.07) is 0.332. The Morgan fingerprint density at radius 1 is 1.17 bits per heavy atom. The summed E-state index contributed by atoms with van der Waals surface area (Å²) in [6.45, 7) is 6.50. The van der Waals surface area contributed by atoms with E-state index >= 15 is 0 Å². The van der Waals surface area contributed by atoms with Crippen molar-refractivity contribution >= 4 is 5.78 Å². The zero-order valence-electron chi connectivity index (χ0n) is 12.1. The van der Waals surface area contributed by atoms with Gasteiger partial charge in [0.05, 0.1) is 5.54 Å². The molecule has 18 heavy (non-hydrogen) atoms. The Morgan fingerprint density at radius 2 is 1.78 bits per heavy atom. The highest BCUT2D eigenvalue weighted by molar-refractivity contribution is 5.91. The van der Waals surface area contributed by atoms with Gasteiger partial charge in [0.1, 0.15) is 0 Å². The molecular formula is C15H28N2O. The summed E-state index contributed by atoms with van der Waals surface area (Å²) in [7, 11) is 0. The number of ketones is 1. The van der Waals surface area contributed by atoms with Crippen molar-refractivity contribution in [2.75, 3.05) is 0 Å². The van der Waals surface area contributed by atoms with Crippen molar-refractivity contribution in [3.8, 4) is 0 Å². The predicted molar refractivity (Wildman–Crippen MR) is 74.4 cm³/mol. The number of hydrogen-bond acceptors (Lipinski definition) is 3. The van der Waals surface area contributed by atoms with Crippen LogP contribution in [0.3, 0.4) is 0 Å². The Hall–Kier alpha value is -0.410. The number of nitrogens with two attached hydrogens (primary N) is 1. The van der Waals surface area contributed by atoms with E-state index in [4.69, 9.17) is 5.73 Å². The number of Topliss-reactive ketones (excluding diaryl/α,β-unsaturated/α-hetero) is 1. The number of nitrogens with one attached hydrogen (secondary N) is 1. The number of carbonyl (C=O) groups is 1. The van der Waals surface area contributed by atoms with Crippen molar-refractivity contribution in [2.24, 2.45) is 11.7 Å². The first kappa shape index (κ1) is 14.0. The van der Waals surface area contributed by atoms with Crippen LogP contribution >= 0.6 is 0 Å². The third-order valence-corrected chi connectivity index (χ3v) is 4.46. The molecule has 0 heterocycles. The summed E-state index contributed by atoms with van der Waals surface area (Å²) in [5, 5.41) is 3.61. The molecule has 3 heteroatoms. The third kappa shape index (κ3) is 2.94. The monoisotopic (exact) mass is 252 g/mol. The van der Waals surface area contributed by atoms with Crippen molar-refractivity contribution in [1.82, 2.24) is 5.32 Å². The molecule has 0 radical (unpaired) electrons. The lowest BCUT2D eigenvalue weighted by Gasteiger charge is -2.33. The van der Waals surface area contributed by atoms with Crippen LogP contribution in [0.4, 0.5) is 0 Å². The van der Waals surface area contributed by atoms with Gasteiger partial charge in [0.25, 0.3) is 0 Å². The Labute approximate surface area is 111 Å². The lowest BCUT2D eigenvalue weighted by molar-refractivity contribution is -0.128. The average Bonchev–Trinajstić information content (AvgIpc) is 2.85. The van der Waals surface area contributed by atoms with Gasteiger partial charge in [0.2, 0.25) is 0 Å². The first-order valence-corrected chi connectivity index (χ1v) is 7.43. The molecule has 0 aliphatic heterocycles. The molecule has 0 unspecified atom stereocenters. The first-order valence-electron chi connectivity index (χ1n) is 7.43. The van der Waals surface area contributed by atoms with E-state index in [-0.39, 0.29) is 11.5 Å². The fourth-order valence-electron chi connectivity index (χ4n) is 3.62. The van der Waals surface area contributed by atoms with E-state index < -0.39 is 5.54 Å². The first-order chi connectivity index (χ1) is 8.32. The van der Waals surface area contributed by atoms with Crippen LogP contribution in [-0.4, -0.2) is 22.9 Å².